The summed E-state index contributed by atoms with van der Waals surface area (Å²) in [4.78, 5) is 13.0. The Hall–Kier alpha value is -2.77. The summed E-state index contributed by atoms with van der Waals surface area (Å²) in [7, 11) is 0. The van der Waals surface area contributed by atoms with Crippen molar-refractivity contribution in [3.8, 4) is 22.5 Å². The number of thiazole rings is 1. The number of nitrogens with zero attached hydrogens (tertiary/aromatic N) is 3. The predicted octanol–water partition coefficient (Wildman–Crippen LogP) is 4.38. The van der Waals surface area contributed by atoms with Crippen molar-refractivity contribution in [3.63, 3.8) is 0 Å². The van der Waals surface area contributed by atoms with Gasteiger partial charge in [-0.15, -0.1) is 0 Å². The molecule has 0 fully saturated rings. The molecule has 0 spiro atoms. The summed E-state index contributed by atoms with van der Waals surface area (Å²) in [6.45, 7) is 0. The molecule has 124 valence electrons. The molecule has 0 saturated heterocycles. The van der Waals surface area contributed by atoms with Crippen LogP contribution in [0.2, 0.25) is 5.02 Å². The van der Waals surface area contributed by atoms with Crippen LogP contribution >= 0.6 is 22.9 Å². The molecule has 0 aliphatic carbocycles. The second-order valence-corrected chi connectivity index (χ2v) is 6.83. The van der Waals surface area contributed by atoms with Crippen LogP contribution in [0.15, 0.2) is 42.6 Å². The molecule has 4 aromatic rings. The number of fused-ring (bicyclic) bond motifs is 1. The van der Waals surface area contributed by atoms with E-state index in [2.05, 4.69) is 15.0 Å². The summed E-state index contributed by atoms with van der Waals surface area (Å²) < 4.78 is 14.1. The van der Waals surface area contributed by atoms with E-state index in [-0.39, 0.29) is 11.6 Å². The highest BCUT2D eigenvalue weighted by molar-refractivity contribution is 7.22. The number of nitrogen functional groups attached to an aromatic ring is 2. The number of anilines is 2. The van der Waals surface area contributed by atoms with E-state index in [9.17, 15) is 4.39 Å². The Kier molecular flexibility index (Phi) is 3.74. The molecule has 5 nitrogen and oxygen atoms in total. The van der Waals surface area contributed by atoms with Gasteiger partial charge in [-0.25, -0.2) is 14.4 Å². The van der Waals surface area contributed by atoms with Gasteiger partial charge in [0.2, 0.25) is 0 Å². The second-order valence-electron chi connectivity index (χ2n) is 5.36. The molecule has 4 rings (SSSR count). The average Bonchev–Trinajstić information content (AvgIpc) is 2.96. The number of benzene rings is 2. The number of rotatable bonds is 2. The number of halogens is 2. The maximum atomic E-state index is 13.2. The Morgan fingerprint density at radius 3 is 2.48 bits per heavy atom. The maximum Gasteiger partial charge on any atom is 0.181 e. The van der Waals surface area contributed by atoms with Crippen LogP contribution in [0.5, 0.6) is 0 Å². The lowest BCUT2D eigenvalue weighted by molar-refractivity contribution is 0.628. The Bertz CT molecular complexity index is 1090. The molecule has 0 radical (unpaired) electrons. The molecule has 25 heavy (non-hydrogen) atoms. The molecule has 2 aromatic carbocycles. The van der Waals surface area contributed by atoms with E-state index < -0.39 is 0 Å². The van der Waals surface area contributed by atoms with Gasteiger partial charge in [-0.05, 0) is 36.4 Å². The zero-order valence-corrected chi connectivity index (χ0v) is 14.3. The van der Waals surface area contributed by atoms with Gasteiger partial charge in [-0.3, -0.25) is 4.98 Å². The molecule has 2 aromatic heterocycles. The van der Waals surface area contributed by atoms with Crippen LogP contribution in [0.4, 0.5) is 15.3 Å². The van der Waals surface area contributed by atoms with E-state index >= 15 is 0 Å². The second kappa shape index (κ2) is 5.94. The third-order valence-electron chi connectivity index (χ3n) is 3.65. The van der Waals surface area contributed by atoms with Crippen molar-refractivity contribution < 1.29 is 4.39 Å². The van der Waals surface area contributed by atoms with Gasteiger partial charge >= 0.3 is 0 Å². The van der Waals surface area contributed by atoms with E-state index in [1.165, 1.54) is 29.7 Å². The first kappa shape index (κ1) is 15.7. The van der Waals surface area contributed by atoms with Crippen LogP contribution in [0, 0.1) is 5.82 Å². The summed E-state index contributed by atoms with van der Waals surface area (Å²) in [5.41, 5.74) is 14.8. The molecule has 0 amide bonds. The standard InChI is InChI=1S/C17H11ClFN5S/c18-11-5-9(6-12-16(11)24-17(21)25-12)14-15(23-13(20)7-22-14)8-1-3-10(19)4-2-8/h1-7H,(H2,20,23)(H2,21,24). The Balaban J connectivity index is 1.95. The van der Waals surface area contributed by atoms with Crippen LogP contribution < -0.4 is 11.5 Å². The first-order valence-electron chi connectivity index (χ1n) is 7.25. The fourth-order valence-electron chi connectivity index (χ4n) is 2.57. The predicted molar refractivity (Wildman–Crippen MR) is 99.9 cm³/mol. The Labute approximate surface area is 151 Å². The van der Waals surface area contributed by atoms with Crippen LogP contribution in [0.1, 0.15) is 0 Å². The highest BCUT2D eigenvalue weighted by Gasteiger charge is 2.15. The normalized spacial score (nSPS) is 11.1. The molecule has 8 heteroatoms. The zero-order chi connectivity index (χ0) is 17.6. The van der Waals surface area contributed by atoms with E-state index in [1.807, 2.05) is 6.07 Å². The minimum absolute atomic E-state index is 0.275. The van der Waals surface area contributed by atoms with Crippen LogP contribution in [0.3, 0.4) is 0 Å². The van der Waals surface area contributed by atoms with Crippen molar-refractivity contribution in [3.05, 3.63) is 53.4 Å². The molecule has 2 heterocycles. The fraction of sp³-hybridized carbons (Fsp3) is 0. The molecule has 0 unspecified atom stereocenters. The van der Waals surface area contributed by atoms with Gasteiger partial charge in [0, 0.05) is 11.1 Å². The van der Waals surface area contributed by atoms with Crippen molar-refractivity contribution in [2.24, 2.45) is 0 Å². The van der Waals surface area contributed by atoms with Crippen LogP contribution in [-0.4, -0.2) is 15.0 Å². The molecular weight excluding hydrogens is 361 g/mol. The lowest BCUT2D eigenvalue weighted by Gasteiger charge is -2.10. The lowest BCUT2D eigenvalue weighted by atomic mass is 10.0. The summed E-state index contributed by atoms with van der Waals surface area (Å²) in [6, 6.07) is 9.66. The molecule has 0 saturated carbocycles. The SMILES string of the molecule is Nc1cnc(-c2cc(Cl)c3nc(N)sc3c2)c(-c2ccc(F)cc2)n1. The first-order chi connectivity index (χ1) is 12.0. The Morgan fingerprint density at radius 1 is 0.960 bits per heavy atom. The molecular formula is C17H11ClFN5S. The highest BCUT2D eigenvalue weighted by Crippen LogP contribution is 2.37. The molecule has 0 aliphatic heterocycles. The summed E-state index contributed by atoms with van der Waals surface area (Å²) in [5.74, 6) is -0.0518. The summed E-state index contributed by atoms with van der Waals surface area (Å²) in [6.07, 6.45) is 1.47. The molecule has 0 bridgehead atoms. The van der Waals surface area contributed by atoms with Gasteiger partial charge in [0.1, 0.15) is 17.2 Å². The van der Waals surface area contributed by atoms with Crippen molar-refractivity contribution in [1.82, 2.24) is 15.0 Å². The minimum Gasteiger partial charge on any atom is -0.382 e. The van der Waals surface area contributed by atoms with Crippen molar-refractivity contribution in [2.75, 3.05) is 11.5 Å². The van der Waals surface area contributed by atoms with Crippen molar-refractivity contribution >= 4 is 44.1 Å². The monoisotopic (exact) mass is 371 g/mol. The summed E-state index contributed by atoms with van der Waals surface area (Å²) in [5, 5.41) is 0.917. The van der Waals surface area contributed by atoms with Gasteiger partial charge in [0.25, 0.3) is 0 Å². The van der Waals surface area contributed by atoms with E-state index in [0.29, 0.717) is 32.6 Å². The third-order valence-corrected chi connectivity index (χ3v) is 4.77. The number of aromatic nitrogens is 3. The van der Waals surface area contributed by atoms with Gasteiger partial charge in [-0.2, -0.15) is 0 Å². The Morgan fingerprint density at radius 2 is 1.72 bits per heavy atom. The van der Waals surface area contributed by atoms with E-state index in [1.54, 1.807) is 18.2 Å². The molecule has 0 aliphatic rings. The fourth-order valence-corrected chi connectivity index (χ4v) is 3.68. The number of hydrogen-bond acceptors (Lipinski definition) is 6. The topological polar surface area (TPSA) is 90.7 Å². The van der Waals surface area contributed by atoms with E-state index in [0.717, 1.165) is 10.3 Å². The van der Waals surface area contributed by atoms with Gasteiger partial charge in [-0.1, -0.05) is 22.9 Å². The average molecular weight is 372 g/mol. The highest BCUT2D eigenvalue weighted by atomic mass is 35.5. The first-order valence-corrected chi connectivity index (χ1v) is 8.45. The molecule has 0 atom stereocenters. The zero-order valence-electron chi connectivity index (χ0n) is 12.7. The number of hydrogen-bond donors (Lipinski definition) is 2. The quantitative estimate of drug-likeness (QED) is 0.545. The lowest BCUT2D eigenvalue weighted by Crippen LogP contribution is -1.98. The van der Waals surface area contributed by atoms with Crippen LogP contribution in [-0.2, 0) is 0 Å². The van der Waals surface area contributed by atoms with E-state index in [4.69, 9.17) is 23.1 Å². The summed E-state index contributed by atoms with van der Waals surface area (Å²) >= 11 is 7.68. The number of nitrogens with two attached hydrogens (primary N) is 2. The molecule has 4 N–H and O–H groups in total. The maximum absolute atomic E-state index is 13.2. The van der Waals surface area contributed by atoms with Gasteiger partial charge in [0.05, 0.1) is 27.3 Å². The van der Waals surface area contributed by atoms with Crippen molar-refractivity contribution in [2.45, 2.75) is 0 Å². The smallest absolute Gasteiger partial charge is 0.181 e. The van der Waals surface area contributed by atoms with Gasteiger partial charge < -0.3 is 11.5 Å². The van der Waals surface area contributed by atoms with Crippen molar-refractivity contribution in [1.29, 1.82) is 0 Å². The largest absolute Gasteiger partial charge is 0.382 e. The minimum atomic E-state index is -0.327. The van der Waals surface area contributed by atoms with Gasteiger partial charge in [0.15, 0.2) is 5.13 Å². The van der Waals surface area contributed by atoms with Crippen LogP contribution in [0.25, 0.3) is 32.7 Å². The third kappa shape index (κ3) is 2.88.